The van der Waals surface area contributed by atoms with Crippen LogP contribution < -0.4 is 5.32 Å². The van der Waals surface area contributed by atoms with Crippen LogP contribution in [0.1, 0.15) is 12.5 Å². The van der Waals surface area contributed by atoms with Gasteiger partial charge in [0.1, 0.15) is 11.6 Å². The number of hydrogen-bond donors (Lipinski definition) is 1. The standard InChI is InChI=1S/C23H18ClF2N5OS/c1-13-17(24)4-3-5-20(13)31-21(15-8-10-27-11-9-15)29-30-23(31)33-14(2)22(32)28-19-12-16(25)6-7-18(19)26/h3-12,14H,1-2H3,(H,28,32). The van der Waals surface area contributed by atoms with Crippen LogP contribution >= 0.6 is 23.4 Å². The fourth-order valence-electron chi connectivity index (χ4n) is 3.13. The molecule has 33 heavy (non-hydrogen) atoms. The Morgan fingerprint density at radius 1 is 1.12 bits per heavy atom. The summed E-state index contributed by atoms with van der Waals surface area (Å²) in [5.41, 5.74) is 2.13. The second-order valence-electron chi connectivity index (χ2n) is 7.13. The van der Waals surface area contributed by atoms with E-state index in [4.69, 9.17) is 11.6 Å². The first-order valence-corrected chi connectivity index (χ1v) is 11.1. The van der Waals surface area contributed by atoms with Crippen LogP contribution in [0, 0.1) is 18.6 Å². The van der Waals surface area contributed by atoms with Crippen molar-refractivity contribution in [2.75, 3.05) is 5.32 Å². The van der Waals surface area contributed by atoms with Gasteiger partial charge in [-0.3, -0.25) is 14.3 Å². The SMILES string of the molecule is Cc1c(Cl)cccc1-n1c(SC(C)C(=O)Nc2cc(F)ccc2F)nnc1-c1ccncc1. The largest absolute Gasteiger partial charge is 0.323 e. The molecule has 0 saturated carbocycles. The van der Waals surface area contributed by atoms with E-state index in [9.17, 15) is 13.6 Å². The monoisotopic (exact) mass is 485 g/mol. The van der Waals surface area contributed by atoms with E-state index in [1.807, 2.05) is 23.6 Å². The molecular formula is C23H18ClF2N5OS. The van der Waals surface area contributed by atoms with Gasteiger partial charge in [0.15, 0.2) is 11.0 Å². The number of pyridine rings is 1. The number of halogens is 3. The van der Waals surface area contributed by atoms with Crippen LogP contribution in [0.25, 0.3) is 17.1 Å². The minimum atomic E-state index is -0.723. The molecule has 1 atom stereocenters. The number of nitrogens with one attached hydrogen (secondary N) is 1. The molecule has 0 bridgehead atoms. The zero-order valence-corrected chi connectivity index (χ0v) is 19.2. The Bertz CT molecular complexity index is 1320. The summed E-state index contributed by atoms with van der Waals surface area (Å²) in [5.74, 6) is -1.33. The Labute approximate surface area is 198 Å². The first-order chi connectivity index (χ1) is 15.8. The topological polar surface area (TPSA) is 72.7 Å². The van der Waals surface area contributed by atoms with E-state index >= 15 is 0 Å². The van der Waals surface area contributed by atoms with Crippen molar-refractivity contribution in [1.29, 1.82) is 0 Å². The van der Waals surface area contributed by atoms with E-state index in [0.717, 1.165) is 46.8 Å². The van der Waals surface area contributed by atoms with Gasteiger partial charge in [-0.15, -0.1) is 10.2 Å². The molecule has 1 amide bonds. The molecule has 2 aromatic carbocycles. The predicted molar refractivity (Wildman–Crippen MR) is 125 cm³/mol. The molecule has 2 aromatic heterocycles. The molecule has 168 valence electrons. The highest BCUT2D eigenvalue weighted by Crippen LogP contribution is 2.33. The highest BCUT2D eigenvalue weighted by molar-refractivity contribution is 8.00. The number of carbonyl (C=O) groups is 1. The summed E-state index contributed by atoms with van der Waals surface area (Å²) in [6.45, 7) is 3.53. The van der Waals surface area contributed by atoms with Gasteiger partial charge in [0, 0.05) is 29.0 Å². The summed E-state index contributed by atoms with van der Waals surface area (Å²) >= 11 is 7.49. The molecule has 2 heterocycles. The molecule has 0 spiro atoms. The van der Waals surface area contributed by atoms with E-state index in [1.54, 1.807) is 37.5 Å². The van der Waals surface area contributed by atoms with E-state index < -0.39 is 22.8 Å². The number of aromatic nitrogens is 4. The molecule has 10 heteroatoms. The summed E-state index contributed by atoms with van der Waals surface area (Å²) in [7, 11) is 0. The summed E-state index contributed by atoms with van der Waals surface area (Å²) in [4.78, 5) is 16.8. The second-order valence-corrected chi connectivity index (χ2v) is 8.85. The molecule has 0 fully saturated rings. The number of amides is 1. The van der Waals surface area contributed by atoms with Crippen LogP contribution in [0.5, 0.6) is 0 Å². The lowest BCUT2D eigenvalue weighted by Gasteiger charge is -2.16. The van der Waals surface area contributed by atoms with Gasteiger partial charge in [0.05, 0.1) is 16.6 Å². The van der Waals surface area contributed by atoms with Gasteiger partial charge in [-0.25, -0.2) is 8.78 Å². The number of nitrogens with zero attached hydrogens (tertiary/aromatic N) is 4. The third-order valence-electron chi connectivity index (χ3n) is 4.89. The third-order valence-corrected chi connectivity index (χ3v) is 6.34. The van der Waals surface area contributed by atoms with Crippen molar-refractivity contribution in [3.05, 3.63) is 83.1 Å². The maximum Gasteiger partial charge on any atom is 0.237 e. The molecule has 0 saturated heterocycles. The third kappa shape index (κ3) is 4.89. The average Bonchev–Trinajstić information content (AvgIpc) is 3.21. The average molecular weight is 486 g/mol. The lowest BCUT2D eigenvalue weighted by molar-refractivity contribution is -0.115. The number of thioether (sulfide) groups is 1. The first kappa shape index (κ1) is 22.9. The molecule has 4 rings (SSSR count). The van der Waals surface area contributed by atoms with E-state index in [0.29, 0.717) is 16.0 Å². The Hall–Kier alpha value is -3.30. The highest BCUT2D eigenvalue weighted by Gasteiger charge is 2.23. The fourth-order valence-corrected chi connectivity index (χ4v) is 4.16. The summed E-state index contributed by atoms with van der Waals surface area (Å²) in [6, 6.07) is 12.0. The van der Waals surface area contributed by atoms with Crippen molar-refractivity contribution < 1.29 is 13.6 Å². The van der Waals surface area contributed by atoms with Crippen LogP contribution in [0.15, 0.2) is 66.1 Å². The lowest BCUT2D eigenvalue weighted by atomic mass is 10.2. The molecule has 0 radical (unpaired) electrons. The summed E-state index contributed by atoms with van der Waals surface area (Å²) in [6.07, 6.45) is 3.30. The zero-order chi connectivity index (χ0) is 23.5. The number of benzene rings is 2. The van der Waals surface area contributed by atoms with Gasteiger partial charge in [-0.1, -0.05) is 29.4 Å². The van der Waals surface area contributed by atoms with E-state index in [2.05, 4.69) is 20.5 Å². The number of carbonyl (C=O) groups excluding carboxylic acids is 1. The quantitative estimate of drug-likeness (QED) is 0.355. The highest BCUT2D eigenvalue weighted by atomic mass is 35.5. The van der Waals surface area contributed by atoms with Crippen molar-refractivity contribution in [3.8, 4) is 17.1 Å². The van der Waals surface area contributed by atoms with Crippen LogP contribution in [0.2, 0.25) is 5.02 Å². The maximum atomic E-state index is 13.9. The lowest BCUT2D eigenvalue weighted by Crippen LogP contribution is -2.23. The van der Waals surface area contributed by atoms with Gasteiger partial charge in [0.25, 0.3) is 0 Å². The number of rotatable bonds is 6. The zero-order valence-electron chi connectivity index (χ0n) is 17.6. The molecular weight excluding hydrogens is 468 g/mol. The Morgan fingerprint density at radius 3 is 2.64 bits per heavy atom. The van der Waals surface area contributed by atoms with Crippen LogP contribution in [0.4, 0.5) is 14.5 Å². The molecule has 0 aliphatic carbocycles. The Kier molecular flexibility index (Phi) is 6.71. The van der Waals surface area contributed by atoms with Crippen molar-refractivity contribution in [1.82, 2.24) is 19.7 Å². The first-order valence-electron chi connectivity index (χ1n) is 9.89. The molecule has 0 aliphatic heterocycles. The number of anilines is 1. The van der Waals surface area contributed by atoms with E-state index in [1.165, 1.54) is 0 Å². The number of hydrogen-bond acceptors (Lipinski definition) is 5. The molecule has 1 N–H and O–H groups in total. The fraction of sp³-hybridized carbons (Fsp3) is 0.130. The van der Waals surface area contributed by atoms with Crippen molar-refractivity contribution in [3.63, 3.8) is 0 Å². The molecule has 6 nitrogen and oxygen atoms in total. The van der Waals surface area contributed by atoms with Crippen molar-refractivity contribution in [2.45, 2.75) is 24.3 Å². The van der Waals surface area contributed by atoms with Gasteiger partial charge >= 0.3 is 0 Å². The minimum absolute atomic E-state index is 0.225. The van der Waals surface area contributed by atoms with Gasteiger partial charge in [0.2, 0.25) is 5.91 Å². The van der Waals surface area contributed by atoms with Crippen LogP contribution in [-0.4, -0.2) is 30.9 Å². The molecule has 4 aromatic rings. The van der Waals surface area contributed by atoms with E-state index in [-0.39, 0.29) is 5.69 Å². The molecule has 0 aliphatic rings. The van der Waals surface area contributed by atoms with Crippen LogP contribution in [0.3, 0.4) is 0 Å². The van der Waals surface area contributed by atoms with Crippen molar-refractivity contribution in [2.24, 2.45) is 0 Å². The second kappa shape index (κ2) is 9.68. The summed E-state index contributed by atoms with van der Waals surface area (Å²) < 4.78 is 29.2. The van der Waals surface area contributed by atoms with Gasteiger partial charge in [-0.2, -0.15) is 0 Å². The smallest absolute Gasteiger partial charge is 0.237 e. The van der Waals surface area contributed by atoms with Crippen LogP contribution in [-0.2, 0) is 4.79 Å². The minimum Gasteiger partial charge on any atom is -0.323 e. The van der Waals surface area contributed by atoms with Gasteiger partial charge < -0.3 is 5.32 Å². The predicted octanol–water partition coefficient (Wildman–Crippen LogP) is 5.69. The Morgan fingerprint density at radius 2 is 1.88 bits per heavy atom. The van der Waals surface area contributed by atoms with Gasteiger partial charge in [-0.05, 0) is 55.8 Å². The molecule has 1 unspecified atom stereocenters. The summed E-state index contributed by atoms with van der Waals surface area (Å²) in [5, 5.41) is 11.4. The Balaban J connectivity index is 1.69. The normalized spacial score (nSPS) is 11.9. The van der Waals surface area contributed by atoms with Crippen molar-refractivity contribution >= 4 is 35.0 Å². The maximum absolute atomic E-state index is 13.9.